The number of ether oxygens (including phenoxy) is 1. The molecule has 3 rings (SSSR count). The van der Waals surface area contributed by atoms with E-state index in [1.54, 1.807) is 13.2 Å². The molecular weight excluding hydrogens is 513 g/mol. The monoisotopic (exact) mass is 543 g/mol. The van der Waals surface area contributed by atoms with E-state index in [0.717, 1.165) is 44.3 Å². The van der Waals surface area contributed by atoms with Crippen LogP contribution in [0, 0.1) is 0 Å². The number of guanidine groups is 1. The van der Waals surface area contributed by atoms with Crippen LogP contribution in [0.3, 0.4) is 0 Å². The Morgan fingerprint density at radius 3 is 2.83 bits per heavy atom. The van der Waals surface area contributed by atoms with Gasteiger partial charge in [-0.05, 0) is 37.5 Å². The van der Waals surface area contributed by atoms with Crippen LogP contribution in [0.15, 0.2) is 53.7 Å². The van der Waals surface area contributed by atoms with Gasteiger partial charge in [0.15, 0.2) is 5.96 Å². The molecule has 0 amide bonds. The van der Waals surface area contributed by atoms with Crippen LogP contribution in [-0.2, 0) is 4.74 Å². The van der Waals surface area contributed by atoms with Crippen molar-refractivity contribution < 1.29 is 4.74 Å². The van der Waals surface area contributed by atoms with Crippen molar-refractivity contribution >= 4 is 47.4 Å². The maximum atomic E-state index is 6.27. The van der Waals surface area contributed by atoms with Gasteiger partial charge in [-0.15, -0.1) is 24.0 Å². The smallest absolute Gasteiger partial charge is 0.191 e. The zero-order chi connectivity index (χ0) is 20.5. The van der Waals surface area contributed by atoms with E-state index in [-0.39, 0.29) is 30.1 Å². The first-order valence-electron chi connectivity index (χ1n) is 10.2. The van der Waals surface area contributed by atoms with Gasteiger partial charge < -0.3 is 20.3 Å². The lowest BCUT2D eigenvalue weighted by atomic mass is 10.1. The van der Waals surface area contributed by atoms with E-state index in [4.69, 9.17) is 16.3 Å². The van der Waals surface area contributed by atoms with Gasteiger partial charge >= 0.3 is 0 Å². The number of benzene rings is 1. The first kappa shape index (κ1) is 24.7. The second-order valence-electron chi connectivity index (χ2n) is 7.16. The van der Waals surface area contributed by atoms with Gasteiger partial charge in [-0.1, -0.05) is 41.9 Å². The normalized spacial score (nSPS) is 17.4. The van der Waals surface area contributed by atoms with Crippen LogP contribution in [0.4, 0.5) is 5.82 Å². The van der Waals surface area contributed by atoms with Crippen molar-refractivity contribution in [2.45, 2.75) is 31.9 Å². The number of anilines is 1. The van der Waals surface area contributed by atoms with E-state index < -0.39 is 0 Å². The quantitative estimate of drug-likeness (QED) is 0.225. The molecule has 0 radical (unpaired) electrons. The molecule has 0 saturated carbocycles. The Morgan fingerprint density at radius 2 is 2.10 bits per heavy atom. The fourth-order valence-corrected chi connectivity index (χ4v) is 3.67. The molecule has 2 N–H and O–H groups in total. The SMILES string of the molecule is CN=C(NCCCOC(C)c1ccccc1)NC1CCN(c2ncccc2Cl)C1.I. The second kappa shape index (κ2) is 13.0. The summed E-state index contributed by atoms with van der Waals surface area (Å²) in [7, 11) is 1.80. The summed E-state index contributed by atoms with van der Waals surface area (Å²) in [5.41, 5.74) is 1.21. The molecule has 0 bridgehead atoms. The predicted octanol–water partition coefficient (Wildman–Crippen LogP) is 4.26. The van der Waals surface area contributed by atoms with Crippen molar-refractivity contribution in [3.05, 3.63) is 59.2 Å². The predicted molar refractivity (Wildman–Crippen MR) is 135 cm³/mol. The molecule has 2 unspecified atom stereocenters. The van der Waals surface area contributed by atoms with E-state index in [1.807, 2.05) is 30.3 Å². The molecule has 1 fully saturated rings. The third-order valence-corrected chi connectivity index (χ3v) is 5.34. The van der Waals surface area contributed by atoms with Crippen LogP contribution in [0.1, 0.15) is 31.4 Å². The fraction of sp³-hybridized carbons (Fsp3) is 0.455. The summed E-state index contributed by atoms with van der Waals surface area (Å²) in [5.74, 6) is 1.67. The highest BCUT2D eigenvalue weighted by Gasteiger charge is 2.25. The first-order valence-corrected chi connectivity index (χ1v) is 10.5. The average molecular weight is 544 g/mol. The minimum Gasteiger partial charge on any atom is -0.374 e. The van der Waals surface area contributed by atoms with Crippen molar-refractivity contribution in [2.75, 3.05) is 38.2 Å². The van der Waals surface area contributed by atoms with Gasteiger partial charge in [-0.2, -0.15) is 0 Å². The molecule has 1 aliphatic rings. The summed E-state index contributed by atoms with van der Waals surface area (Å²) in [4.78, 5) is 11.0. The van der Waals surface area contributed by atoms with Crippen LogP contribution in [0.5, 0.6) is 0 Å². The molecule has 164 valence electrons. The van der Waals surface area contributed by atoms with Gasteiger partial charge in [-0.25, -0.2) is 4.98 Å². The van der Waals surface area contributed by atoms with Crippen LogP contribution < -0.4 is 15.5 Å². The maximum absolute atomic E-state index is 6.27. The van der Waals surface area contributed by atoms with Gasteiger partial charge in [0.25, 0.3) is 0 Å². The number of nitrogens with zero attached hydrogens (tertiary/aromatic N) is 3. The zero-order valence-electron chi connectivity index (χ0n) is 17.6. The van der Waals surface area contributed by atoms with Gasteiger partial charge in [0.2, 0.25) is 0 Å². The van der Waals surface area contributed by atoms with Crippen molar-refractivity contribution in [1.29, 1.82) is 0 Å². The Bertz CT molecular complexity index is 792. The number of rotatable bonds is 8. The van der Waals surface area contributed by atoms with Crippen LogP contribution in [0.2, 0.25) is 5.02 Å². The lowest BCUT2D eigenvalue weighted by Crippen LogP contribution is -2.45. The Labute approximate surface area is 201 Å². The van der Waals surface area contributed by atoms with Crippen molar-refractivity contribution in [2.24, 2.45) is 4.99 Å². The molecule has 1 aromatic carbocycles. The number of hydrogen-bond acceptors (Lipinski definition) is 4. The molecular formula is C22H31ClIN5O. The molecule has 2 heterocycles. The standard InChI is InChI=1S/C22H30ClN5O.HI/c1-17(18-8-4-3-5-9-18)29-15-7-13-26-22(24-2)27-19-11-14-28(16-19)21-20(23)10-6-12-25-21;/h3-6,8-10,12,17,19H,7,11,13-16H2,1-2H3,(H2,24,26,27);1H. The molecule has 8 heteroatoms. The van der Waals surface area contributed by atoms with Crippen LogP contribution in [-0.4, -0.2) is 50.3 Å². The lowest BCUT2D eigenvalue weighted by Gasteiger charge is -2.20. The third kappa shape index (κ3) is 7.28. The maximum Gasteiger partial charge on any atom is 0.191 e. The summed E-state index contributed by atoms with van der Waals surface area (Å²) >= 11 is 6.27. The Hall–Kier alpha value is -1.58. The minimum atomic E-state index is 0. The van der Waals surface area contributed by atoms with Crippen molar-refractivity contribution in [3.63, 3.8) is 0 Å². The molecule has 2 aromatic rings. The number of aliphatic imine (C=N–C) groups is 1. The van der Waals surface area contributed by atoms with E-state index in [9.17, 15) is 0 Å². The van der Waals surface area contributed by atoms with Gasteiger partial charge in [0.05, 0.1) is 11.1 Å². The van der Waals surface area contributed by atoms with Crippen molar-refractivity contribution in [3.8, 4) is 0 Å². The molecule has 2 atom stereocenters. The Kier molecular flexibility index (Phi) is 10.7. The third-order valence-electron chi connectivity index (χ3n) is 5.04. The highest BCUT2D eigenvalue weighted by molar-refractivity contribution is 14.0. The fourth-order valence-electron chi connectivity index (χ4n) is 3.43. The Balaban J connectivity index is 0.00000320. The topological polar surface area (TPSA) is 61.8 Å². The average Bonchev–Trinajstić information content (AvgIpc) is 3.21. The molecule has 0 spiro atoms. The van der Waals surface area contributed by atoms with Crippen LogP contribution >= 0.6 is 35.6 Å². The van der Waals surface area contributed by atoms with E-state index in [1.165, 1.54) is 5.56 Å². The zero-order valence-corrected chi connectivity index (χ0v) is 20.6. The largest absolute Gasteiger partial charge is 0.374 e. The highest BCUT2D eigenvalue weighted by atomic mass is 127. The molecule has 0 aliphatic carbocycles. The number of aromatic nitrogens is 1. The van der Waals surface area contributed by atoms with Gasteiger partial charge in [-0.3, -0.25) is 4.99 Å². The van der Waals surface area contributed by atoms with E-state index in [0.29, 0.717) is 17.7 Å². The molecule has 1 saturated heterocycles. The summed E-state index contributed by atoms with van der Waals surface area (Å²) < 4.78 is 5.92. The van der Waals surface area contributed by atoms with Gasteiger partial charge in [0, 0.05) is 45.5 Å². The summed E-state index contributed by atoms with van der Waals surface area (Å²) in [5, 5.41) is 7.57. The first-order chi connectivity index (χ1) is 14.2. The second-order valence-corrected chi connectivity index (χ2v) is 7.57. The number of nitrogens with one attached hydrogen (secondary N) is 2. The van der Waals surface area contributed by atoms with E-state index >= 15 is 0 Å². The van der Waals surface area contributed by atoms with Crippen LogP contribution in [0.25, 0.3) is 0 Å². The number of pyridine rings is 1. The summed E-state index contributed by atoms with van der Waals surface area (Å²) in [6.45, 7) is 5.38. The highest BCUT2D eigenvalue weighted by Crippen LogP contribution is 2.25. The van der Waals surface area contributed by atoms with E-state index in [2.05, 4.69) is 44.6 Å². The lowest BCUT2D eigenvalue weighted by molar-refractivity contribution is 0.0646. The molecule has 30 heavy (non-hydrogen) atoms. The summed E-state index contributed by atoms with van der Waals surface area (Å²) in [6.07, 6.45) is 3.82. The molecule has 1 aliphatic heterocycles. The molecule has 6 nitrogen and oxygen atoms in total. The summed E-state index contributed by atoms with van der Waals surface area (Å²) in [6, 6.07) is 14.3. The molecule has 1 aromatic heterocycles. The Morgan fingerprint density at radius 1 is 1.30 bits per heavy atom. The number of hydrogen-bond donors (Lipinski definition) is 2. The van der Waals surface area contributed by atoms with Gasteiger partial charge in [0.1, 0.15) is 5.82 Å². The van der Waals surface area contributed by atoms with Crippen molar-refractivity contribution in [1.82, 2.24) is 15.6 Å². The number of halogens is 2. The minimum absolute atomic E-state index is 0.